The third-order valence-corrected chi connectivity index (χ3v) is 6.27. The molecule has 3 N–H and O–H groups in total. The predicted octanol–water partition coefficient (Wildman–Crippen LogP) is 4.68. The molecule has 1 aliphatic rings. The number of aromatic nitrogens is 1. The van der Waals surface area contributed by atoms with Gasteiger partial charge in [0.25, 0.3) is 5.91 Å². The number of carbonyl (C=O) groups is 2. The number of aromatic hydroxyl groups is 1. The Labute approximate surface area is 196 Å². The number of fused-ring (bicyclic) bond motifs is 2. The second-order valence-electron chi connectivity index (χ2n) is 8.38. The Morgan fingerprint density at radius 2 is 1.65 bits per heavy atom. The van der Waals surface area contributed by atoms with E-state index < -0.39 is 11.9 Å². The van der Waals surface area contributed by atoms with Crippen LogP contribution in [0.5, 0.6) is 5.88 Å². The maximum Gasteiger partial charge on any atom is 0.335 e. The largest absolute Gasteiger partial charge is 0.494 e. The van der Waals surface area contributed by atoms with Gasteiger partial charge in [0.2, 0.25) is 5.88 Å². The van der Waals surface area contributed by atoms with Crippen molar-refractivity contribution < 1.29 is 19.8 Å². The molecule has 0 unspecified atom stereocenters. The fourth-order valence-electron chi connectivity index (χ4n) is 4.56. The normalized spacial score (nSPS) is 13.1. The van der Waals surface area contributed by atoms with E-state index in [1.165, 1.54) is 35.4 Å². The Morgan fingerprint density at radius 1 is 0.941 bits per heavy atom. The van der Waals surface area contributed by atoms with E-state index in [1.54, 1.807) is 6.92 Å². The molecule has 0 radical (unpaired) electrons. The first-order valence-electron chi connectivity index (χ1n) is 11.1. The molecular weight excluding hydrogens is 430 g/mol. The molecule has 0 atom stereocenters. The molecule has 5 rings (SSSR count). The lowest BCUT2D eigenvalue weighted by Gasteiger charge is -2.10. The molecule has 1 aromatic heterocycles. The summed E-state index contributed by atoms with van der Waals surface area (Å²) in [6, 6.07) is 19.6. The fourth-order valence-corrected chi connectivity index (χ4v) is 4.56. The van der Waals surface area contributed by atoms with Gasteiger partial charge in [0.05, 0.1) is 22.4 Å². The van der Waals surface area contributed by atoms with Crippen LogP contribution in [0, 0.1) is 0 Å². The molecule has 0 saturated carbocycles. The zero-order valence-electron chi connectivity index (χ0n) is 18.6. The predicted molar refractivity (Wildman–Crippen MR) is 130 cm³/mol. The summed E-state index contributed by atoms with van der Waals surface area (Å²) in [6.45, 7) is 1.72. The summed E-state index contributed by atoms with van der Waals surface area (Å²) in [4.78, 5) is 23.5. The van der Waals surface area contributed by atoms with Crippen LogP contribution in [0.15, 0.2) is 71.8 Å². The van der Waals surface area contributed by atoms with Crippen molar-refractivity contribution in [2.75, 3.05) is 0 Å². The number of aromatic carboxylic acids is 1. The Morgan fingerprint density at radius 3 is 2.41 bits per heavy atom. The average Bonchev–Trinajstić information content (AvgIpc) is 3.43. The molecule has 34 heavy (non-hydrogen) atoms. The standard InChI is InChI=1S/C27H23N3O4/c1-16(28-29-25(31)18-9-11-19(12-10-18)27(33)34)24-22-7-2-3-8-23(22)30(26(24)32)21-14-13-17-5-4-6-20(17)15-21/h2-3,7-15,32H,4-6H2,1H3,(H,29,31)(H,33,34)/b28-16+. The summed E-state index contributed by atoms with van der Waals surface area (Å²) < 4.78 is 1.81. The van der Waals surface area contributed by atoms with Gasteiger partial charge >= 0.3 is 5.97 Å². The fraction of sp³-hybridized carbons (Fsp3) is 0.148. The molecule has 0 spiro atoms. The second-order valence-corrected chi connectivity index (χ2v) is 8.38. The van der Waals surface area contributed by atoms with Crippen LogP contribution in [0.4, 0.5) is 0 Å². The summed E-state index contributed by atoms with van der Waals surface area (Å²) in [5, 5.41) is 25.3. The first kappa shape index (κ1) is 21.5. The van der Waals surface area contributed by atoms with Crippen LogP contribution >= 0.6 is 0 Å². The number of rotatable bonds is 5. The van der Waals surface area contributed by atoms with Crippen molar-refractivity contribution in [2.45, 2.75) is 26.2 Å². The molecule has 1 amide bonds. The van der Waals surface area contributed by atoms with Crippen LogP contribution < -0.4 is 5.43 Å². The van der Waals surface area contributed by atoms with Gasteiger partial charge in [-0.1, -0.05) is 24.3 Å². The number of benzene rings is 3. The van der Waals surface area contributed by atoms with Crippen molar-refractivity contribution in [3.05, 3.63) is 94.5 Å². The van der Waals surface area contributed by atoms with E-state index >= 15 is 0 Å². The van der Waals surface area contributed by atoms with E-state index in [4.69, 9.17) is 5.11 Å². The number of carboxylic acid groups (broad SMARTS) is 1. The number of hydrogen-bond donors (Lipinski definition) is 3. The molecule has 4 aromatic rings. The van der Waals surface area contributed by atoms with Crippen LogP contribution in [-0.4, -0.2) is 32.4 Å². The number of aryl methyl sites for hydroxylation is 2. The number of amides is 1. The number of carbonyl (C=O) groups excluding carboxylic acids is 1. The minimum Gasteiger partial charge on any atom is -0.494 e. The SMILES string of the molecule is C/C(=N\NC(=O)c1ccc(C(=O)O)cc1)c1c(O)n(-c2ccc3c(c2)CCC3)c2ccccc12. The molecule has 170 valence electrons. The highest BCUT2D eigenvalue weighted by Gasteiger charge is 2.21. The number of hydrogen-bond acceptors (Lipinski definition) is 4. The highest BCUT2D eigenvalue weighted by Crippen LogP contribution is 2.36. The van der Waals surface area contributed by atoms with Crippen molar-refractivity contribution in [2.24, 2.45) is 5.10 Å². The summed E-state index contributed by atoms with van der Waals surface area (Å²) in [5.74, 6) is -1.48. The van der Waals surface area contributed by atoms with E-state index in [2.05, 4.69) is 22.7 Å². The Kier molecular flexibility index (Phi) is 5.37. The minimum atomic E-state index is -1.06. The third-order valence-electron chi connectivity index (χ3n) is 6.27. The highest BCUT2D eigenvalue weighted by molar-refractivity contribution is 6.13. The van der Waals surface area contributed by atoms with Gasteiger partial charge in [0.1, 0.15) is 0 Å². The Balaban J connectivity index is 1.50. The maximum atomic E-state index is 12.5. The number of para-hydroxylation sites is 1. The summed E-state index contributed by atoms with van der Waals surface area (Å²) >= 11 is 0. The molecule has 7 nitrogen and oxygen atoms in total. The van der Waals surface area contributed by atoms with Gasteiger partial charge in [0.15, 0.2) is 0 Å². The van der Waals surface area contributed by atoms with Crippen molar-refractivity contribution in [3.63, 3.8) is 0 Å². The summed E-state index contributed by atoms with van der Waals surface area (Å²) in [6.07, 6.45) is 3.27. The number of nitrogens with one attached hydrogen (secondary N) is 1. The maximum absolute atomic E-state index is 12.5. The lowest BCUT2D eigenvalue weighted by Crippen LogP contribution is -2.19. The monoisotopic (exact) mass is 453 g/mol. The third kappa shape index (κ3) is 3.71. The van der Waals surface area contributed by atoms with Crippen LogP contribution in [0.3, 0.4) is 0 Å². The topological polar surface area (TPSA) is 104 Å². The molecule has 7 heteroatoms. The molecular formula is C27H23N3O4. The first-order chi connectivity index (χ1) is 16.4. The van der Waals surface area contributed by atoms with E-state index in [1.807, 2.05) is 34.9 Å². The lowest BCUT2D eigenvalue weighted by molar-refractivity contribution is 0.0696. The molecule has 1 heterocycles. The van der Waals surface area contributed by atoms with E-state index in [-0.39, 0.29) is 17.0 Å². The Hall–Kier alpha value is -4.39. The van der Waals surface area contributed by atoms with Crippen molar-refractivity contribution >= 4 is 28.5 Å². The smallest absolute Gasteiger partial charge is 0.335 e. The van der Waals surface area contributed by atoms with Crippen molar-refractivity contribution in [1.82, 2.24) is 9.99 Å². The number of nitrogens with zero attached hydrogens (tertiary/aromatic N) is 2. The van der Waals surface area contributed by atoms with Gasteiger partial charge in [-0.15, -0.1) is 0 Å². The zero-order valence-corrected chi connectivity index (χ0v) is 18.6. The van der Waals surface area contributed by atoms with Crippen molar-refractivity contribution in [3.8, 4) is 11.6 Å². The Bertz CT molecular complexity index is 1470. The first-order valence-corrected chi connectivity index (χ1v) is 11.1. The van der Waals surface area contributed by atoms with Crippen LogP contribution in [0.2, 0.25) is 0 Å². The zero-order chi connectivity index (χ0) is 23.8. The van der Waals surface area contributed by atoms with Gasteiger partial charge in [-0.05, 0) is 79.8 Å². The number of hydrazone groups is 1. The van der Waals surface area contributed by atoms with Gasteiger partial charge in [-0.2, -0.15) is 5.10 Å². The lowest BCUT2D eigenvalue weighted by atomic mass is 10.1. The van der Waals surface area contributed by atoms with Gasteiger partial charge in [-0.25, -0.2) is 10.2 Å². The highest BCUT2D eigenvalue weighted by atomic mass is 16.4. The average molecular weight is 453 g/mol. The van der Waals surface area contributed by atoms with Gasteiger partial charge in [-0.3, -0.25) is 9.36 Å². The van der Waals surface area contributed by atoms with E-state index in [0.29, 0.717) is 11.3 Å². The second kappa shape index (κ2) is 8.51. The van der Waals surface area contributed by atoms with Crippen LogP contribution in [0.25, 0.3) is 16.6 Å². The summed E-state index contributed by atoms with van der Waals surface area (Å²) in [5.41, 5.74) is 8.27. The number of carboxylic acids is 1. The van der Waals surface area contributed by atoms with Crippen LogP contribution in [-0.2, 0) is 12.8 Å². The molecule has 0 bridgehead atoms. The molecule has 0 aliphatic heterocycles. The van der Waals surface area contributed by atoms with Gasteiger partial charge < -0.3 is 10.2 Å². The van der Waals surface area contributed by atoms with Crippen LogP contribution in [0.1, 0.15) is 50.8 Å². The molecule has 3 aromatic carbocycles. The van der Waals surface area contributed by atoms with E-state index in [9.17, 15) is 14.7 Å². The molecule has 1 aliphatic carbocycles. The molecule has 0 fully saturated rings. The van der Waals surface area contributed by atoms with E-state index in [0.717, 1.165) is 35.9 Å². The molecule has 0 saturated heterocycles. The summed E-state index contributed by atoms with van der Waals surface area (Å²) in [7, 11) is 0. The van der Waals surface area contributed by atoms with Gasteiger partial charge in [0, 0.05) is 16.6 Å². The quantitative estimate of drug-likeness (QED) is 0.302. The minimum absolute atomic E-state index is 0.0560. The van der Waals surface area contributed by atoms with Crippen molar-refractivity contribution in [1.29, 1.82) is 0 Å².